The monoisotopic (exact) mass is 229 g/mol. The third kappa shape index (κ3) is 2.27. The molecule has 0 N–H and O–H groups in total. The molecule has 1 heterocycles. The fraction of sp³-hybridized carbons (Fsp3) is 0.286. The van der Waals surface area contributed by atoms with E-state index in [4.69, 9.17) is 12.2 Å². The van der Waals surface area contributed by atoms with Crippen molar-refractivity contribution in [1.29, 1.82) is 0 Å². The van der Waals surface area contributed by atoms with Crippen LogP contribution in [0.4, 0.5) is 0 Å². The van der Waals surface area contributed by atoms with Crippen molar-refractivity contribution in [3.8, 4) is 0 Å². The second-order valence-electron chi connectivity index (χ2n) is 4.23. The number of thiocarbonyl (C=S) groups is 1. The molecule has 2 rings (SSSR count). The fourth-order valence-electron chi connectivity index (χ4n) is 1.82. The average Bonchev–Trinajstić information content (AvgIpc) is 2.43. The summed E-state index contributed by atoms with van der Waals surface area (Å²) in [6.07, 6.45) is 5.17. The first-order valence-corrected chi connectivity index (χ1v) is 5.94. The first-order chi connectivity index (χ1) is 7.68. The maximum absolute atomic E-state index is 5.34. The molecule has 1 aromatic rings. The Kier molecular flexibility index (Phi) is 3.30. The molecule has 1 nitrogen and oxygen atoms in total. The van der Waals surface area contributed by atoms with Crippen molar-refractivity contribution in [3.05, 3.63) is 41.5 Å². The molecule has 0 bridgehead atoms. The van der Waals surface area contributed by atoms with Crippen LogP contribution in [0.2, 0.25) is 0 Å². The molecule has 0 spiro atoms. The van der Waals surface area contributed by atoms with E-state index in [9.17, 15) is 0 Å². The van der Waals surface area contributed by atoms with Gasteiger partial charge < -0.3 is 0 Å². The molecule has 0 aliphatic carbocycles. The predicted molar refractivity (Wildman–Crippen MR) is 74.0 cm³/mol. The van der Waals surface area contributed by atoms with Crippen LogP contribution in [0.3, 0.4) is 0 Å². The number of benzene rings is 1. The largest absolute Gasteiger partial charge is 0.249 e. The van der Waals surface area contributed by atoms with Gasteiger partial charge in [0.1, 0.15) is 4.99 Å². The Morgan fingerprint density at radius 2 is 2.06 bits per heavy atom. The van der Waals surface area contributed by atoms with E-state index in [-0.39, 0.29) is 0 Å². The molecule has 1 atom stereocenters. The number of hydrogen-bond acceptors (Lipinski definition) is 1. The summed E-state index contributed by atoms with van der Waals surface area (Å²) in [5.41, 5.74) is 3.56. The molecular weight excluding hydrogens is 214 g/mol. The molecule has 1 aliphatic rings. The lowest BCUT2D eigenvalue weighted by Gasteiger charge is -2.08. The molecule has 1 aliphatic heterocycles. The minimum Gasteiger partial charge on any atom is -0.249 e. The lowest BCUT2D eigenvalue weighted by molar-refractivity contribution is 0.813. The second-order valence-corrected chi connectivity index (χ2v) is 4.62. The number of aryl methyl sites for hydroxylation is 1. The van der Waals surface area contributed by atoms with E-state index in [0.717, 1.165) is 12.0 Å². The van der Waals surface area contributed by atoms with E-state index in [2.05, 4.69) is 37.0 Å². The number of nitrogens with zero attached hydrogens (tertiary/aromatic N) is 1. The summed E-state index contributed by atoms with van der Waals surface area (Å²) in [7, 11) is 0. The zero-order valence-electron chi connectivity index (χ0n) is 9.60. The summed E-state index contributed by atoms with van der Waals surface area (Å²) in [6, 6.07) is 8.31. The zero-order valence-corrected chi connectivity index (χ0v) is 10.4. The van der Waals surface area contributed by atoms with Crippen molar-refractivity contribution in [2.75, 3.05) is 0 Å². The van der Waals surface area contributed by atoms with Gasteiger partial charge in [0, 0.05) is 11.8 Å². The highest BCUT2D eigenvalue weighted by Crippen LogP contribution is 2.24. The van der Waals surface area contributed by atoms with E-state index in [0.29, 0.717) is 10.9 Å². The fourth-order valence-corrected chi connectivity index (χ4v) is 2.07. The molecule has 2 heteroatoms. The first-order valence-electron chi connectivity index (χ1n) is 5.53. The van der Waals surface area contributed by atoms with E-state index >= 15 is 0 Å². The standard InChI is InChI=1S/C14H15NS/c1-10-7-8-13(14(16)15-9-10)12-6-4-3-5-11(12)2/h3-6,8-10H,7H2,1-2H3. The lowest BCUT2D eigenvalue weighted by atomic mass is 9.99. The molecule has 1 aromatic carbocycles. The van der Waals surface area contributed by atoms with Crippen LogP contribution in [0.15, 0.2) is 35.3 Å². The SMILES string of the molecule is Cc1ccccc1C1=CCC(C)C=NC1=S. The summed E-state index contributed by atoms with van der Waals surface area (Å²) >= 11 is 5.34. The molecule has 82 valence electrons. The van der Waals surface area contributed by atoms with Gasteiger partial charge in [0.25, 0.3) is 0 Å². The number of hydrogen-bond donors (Lipinski definition) is 0. The predicted octanol–water partition coefficient (Wildman–Crippen LogP) is 3.82. The van der Waals surface area contributed by atoms with Crippen LogP contribution < -0.4 is 0 Å². The van der Waals surface area contributed by atoms with Gasteiger partial charge in [-0.1, -0.05) is 49.5 Å². The lowest BCUT2D eigenvalue weighted by Crippen LogP contribution is -1.97. The molecule has 0 aromatic heterocycles. The van der Waals surface area contributed by atoms with E-state index in [1.165, 1.54) is 11.1 Å². The van der Waals surface area contributed by atoms with Gasteiger partial charge in [0.15, 0.2) is 0 Å². The molecule has 0 saturated heterocycles. The third-order valence-electron chi connectivity index (χ3n) is 2.81. The highest BCUT2D eigenvalue weighted by molar-refractivity contribution is 7.81. The number of aliphatic imine (C=N–C) groups is 1. The molecule has 16 heavy (non-hydrogen) atoms. The maximum atomic E-state index is 5.34. The summed E-state index contributed by atoms with van der Waals surface area (Å²) in [5.74, 6) is 0.472. The van der Waals surface area contributed by atoms with Crippen LogP contribution in [-0.2, 0) is 0 Å². The van der Waals surface area contributed by atoms with Crippen LogP contribution >= 0.6 is 12.2 Å². The quantitative estimate of drug-likeness (QED) is 0.667. The van der Waals surface area contributed by atoms with Crippen molar-refractivity contribution in [2.24, 2.45) is 10.9 Å². The highest BCUT2D eigenvalue weighted by atomic mass is 32.1. The molecule has 1 unspecified atom stereocenters. The van der Waals surface area contributed by atoms with Gasteiger partial charge in [-0.25, -0.2) is 4.99 Å². The number of rotatable bonds is 1. The van der Waals surface area contributed by atoms with Gasteiger partial charge in [-0.2, -0.15) is 0 Å². The van der Waals surface area contributed by atoms with Crippen molar-refractivity contribution >= 4 is 29.0 Å². The van der Waals surface area contributed by atoms with Crippen molar-refractivity contribution in [3.63, 3.8) is 0 Å². The van der Waals surface area contributed by atoms with Crippen molar-refractivity contribution < 1.29 is 0 Å². The Bertz CT molecular complexity index is 471. The minimum absolute atomic E-state index is 0.472. The van der Waals surface area contributed by atoms with Crippen LogP contribution in [0.5, 0.6) is 0 Å². The Labute approximate surface area is 102 Å². The van der Waals surface area contributed by atoms with Gasteiger partial charge in [-0.05, 0) is 30.4 Å². The van der Waals surface area contributed by atoms with Crippen molar-refractivity contribution in [2.45, 2.75) is 20.3 Å². The Balaban J connectivity index is 2.44. The van der Waals surface area contributed by atoms with Crippen LogP contribution in [0.1, 0.15) is 24.5 Å². The van der Waals surface area contributed by atoms with E-state index < -0.39 is 0 Å². The van der Waals surface area contributed by atoms with Gasteiger partial charge in [-0.3, -0.25) is 0 Å². The van der Waals surface area contributed by atoms with Gasteiger partial charge in [0.2, 0.25) is 0 Å². The summed E-state index contributed by atoms with van der Waals surface area (Å²) in [5, 5.41) is 0. The second kappa shape index (κ2) is 4.71. The van der Waals surface area contributed by atoms with Gasteiger partial charge in [0.05, 0.1) is 0 Å². The first kappa shape index (κ1) is 11.2. The summed E-state index contributed by atoms with van der Waals surface area (Å²) in [4.78, 5) is 5.05. The molecule has 0 fully saturated rings. The van der Waals surface area contributed by atoms with E-state index in [1.54, 1.807) is 0 Å². The third-order valence-corrected chi connectivity index (χ3v) is 3.13. The van der Waals surface area contributed by atoms with Crippen LogP contribution in [-0.4, -0.2) is 11.2 Å². The van der Waals surface area contributed by atoms with Crippen molar-refractivity contribution in [1.82, 2.24) is 0 Å². The Hall–Kier alpha value is -1.28. The van der Waals surface area contributed by atoms with Gasteiger partial charge in [-0.15, -0.1) is 0 Å². The molecule has 0 saturated carbocycles. The minimum atomic E-state index is 0.472. The van der Waals surface area contributed by atoms with E-state index in [1.807, 2.05) is 18.3 Å². The summed E-state index contributed by atoms with van der Waals surface area (Å²) in [6.45, 7) is 4.26. The number of allylic oxidation sites excluding steroid dienone is 1. The summed E-state index contributed by atoms with van der Waals surface area (Å²) < 4.78 is 0. The highest BCUT2D eigenvalue weighted by Gasteiger charge is 2.12. The molecule has 0 amide bonds. The zero-order chi connectivity index (χ0) is 11.5. The maximum Gasteiger partial charge on any atom is 0.133 e. The normalized spacial score (nSPS) is 20.5. The topological polar surface area (TPSA) is 12.4 Å². The Morgan fingerprint density at radius 1 is 1.31 bits per heavy atom. The molecule has 0 radical (unpaired) electrons. The van der Waals surface area contributed by atoms with Crippen LogP contribution in [0.25, 0.3) is 5.57 Å². The van der Waals surface area contributed by atoms with Gasteiger partial charge >= 0.3 is 0 Å². The Morgan fingerprint density at radius 3 is 2.81 bits per heavy atom. The molecular formula is C14H15NS. The average molecular weight is 229 g/mol. The smallest absolute Gasteiger partial charge is 0.133 e. The van der Waals surface area contributed by atoms with Crippen LogP contribution in [0, 0.1) is 12.8 Å².